The summed E-state index contributed by atoms with van der Waals surface area (Å²) in [6.07, 6.45) is 0.453. The molecule has 2 unspecified atom stereocenters. The molecule has 6 N–H and O–H groups in total. The van der Waals surface area contributed by atoms with Crippen molar-refractivity contribution in [2.45, 2.75) is 83.5 Å². The summed E-state index contributed by atoms with van der Waals surface area (Å²) in [7, 11) is -3.96. The van der Waals surface area contributed by atoms with Crippen LogP contribution in [0.4, 0.5) is 16.2 Å². The van der Waals surface area contributed by atoms with Gasteiger partial charge in [0.05, 0.1) is 12.9 Å². The average molecular weight is 566 g/mol. The monoisotopic (exact) mass is 565 g/mol. The minimum absolute atomic E-state index is 0.0312. The lowest BCUT2D eigenvalue weighted by Crippen LogP contribution is -2.41. The van der Waals surface area contributed by atoms with Crippen LogP contribution >= 0.6 is 7.75 Å². The molecule has 0 bridgehead atoms. The normalized spacial score (nSPS) is 25.5. The van der Waals surface area contributed by atoms with E-state index in [-0.39, 0.29) is 29.0 Å². The Labute approximate surface area is 226 Å². The van der Waals surface area contributed by atoms with Crippen LogP contribution < -0.4 is 21.1 Å². The highest BCUT2D eigenvalue weighted by Gasteiger charge is 2.56. The van der Waals surface area contributed by atoms with Gasteiger partial charge in [0.1, 0.15) is 23.5 Å². The van der Waals surface area contributed by atoms with Gasteiger partial charge in [-0.25, -0.2) is 19.0 Å². The fraction of sp³-hybridized carbons (Fsp3) is 0.560. The van der Waals surface area contributed by atoms with E-state index >= 15 is 4.39 Å². The van der Waals surface area contributed by atoms with Crippen LogP contribution in [0.15, 0.2) is 30.6 Å². The van der Waals surface area contributed by atoms with Crippen molar-refractivity contribution in [1.82, 2.24) is 24.6 Å². The minimum atomic E-state index is -3.96. The average Bonchev–Trinajstić information content (AvgIpc) is 3.40. The maximum atomic E-state index is 15.9. The van der Waals surface area contributed by atoms with Gasteiger partial charge in [-0.15, -0.1) is 0 Å². The summed E-state index contributed by atoms with van der Waals surface area (Å²) in [6.45, 7) is 6.64. The second-order valence-corrected chi connectivity index (χ2v) is 11.6. The van der Waals surface area contributed by atoms with Crippen LogP contribution in [0.5, 0.6) is 5.75 Å². The molecule has 3 aromatic rings. The number of halogens is 1. The molecule has 12 nitrogen and oxygen atoms in total. The van der Waals surface area contributed by atoms with Crippen molar-refractivity contribution in [3.63, 3.8) is 0 Å². The number of aliphatic hydroxyl groups excluding tert-OH is 1. The molecule has 1 fully saturated rings. The zero-order valence-electron chi connectivity index (χ0n) is 22.6. The van der Waals surface area contributed by atoms with Crippen LogP contribution in [-0.4, -0.2) is 55.2 Å². The molecule has 6 atom stereocenters. The largest absolute Gasteiger partial charge is 0.459 e. The van der Waals surface area contributed by atoms with E-state index in [2.05, 4.69) is 27.0 Å². The van der Waals surface area contributed by atoms with E-state index < -0.39 is 38.5 Å². The SMILES string of the molecule is CCCCc1ccccc1OP(=O)(N[C@@H](C)CC)OC[C@H]1O[C@@H](n2cnc3c(N)nc(N)nc32)C(C)(F)[C@H]1O. The molecule has 3 heterocycles. The van der Waals surface area contributed by atoms with Crippen LogP contribution in [0.1, 0.15) is 58.7 Å². The maximum Gasteiger partial charge on any atom is 0.459 e. The number of nitrogen functional groups attached to an aromatic ring is 2. The van der Waals surface area contributed by atoms with Crippen LogP contribution in [0.25, 0.3) is 11.2 Å². The summed E-state index contributed by atoms with van der Waals surface area (Å²) in [5.41, 5.74) is 10.6. The molecule has 214 valence electrons. The number of rotatable bonds is 12. The molecule has 0 spiro atoms. The number of para-hydroxylation sites is 1. The zero-order valence-corrected chi connectivity index (χ0v) is 23.5. The fourth-order valence-electron chi connectivity index (χ4n) is 4.40. The van der Waals surface area contributed by atoms with Gasteiger partial charge in [0.25, 0.3) is 0 Å². The topological polar surface area (TPSA) is 173 Å². The highest BCUT2D eigenvalue weighted by atomic mass is 31.2. The number of imidazole rings is 1. The lowest BCUT2D eigenvalue weighted by atomic mass is 9.98. The standard InChI is InChI=1S/C25H37FN7O5P/c1-5-7-10-16-11-8-9-12-17(16)38-39(35,32-15(3)6-2)36-13-18-20(34)25(4,26)23(37-18)33-14-29-19-21(27)30-24(28)31-22(19)33/h8-9,11-12,14-15,18,20,23,34H,5-7,10,13H2,1-4H3,(H,32,35)(H4,27,28,30,31)/t15-,18+,20-,23+,25?,39?/m0/s1. The smallest absolute Gasteiger partial charge is 0.413 e. The highest BCUT2D eigenvalue weighted by Crippen LogP contribution is 2.49. The first-order valence-corrected chi connectivity index (χ1v) is 14.6. The number of anilines is 2. The van der Waals surface area contributed by atoms with Gasteiger partial charge in [0, 0.05) is 6.04 Å². The summed E-state index contributed by atoms with van der Waals surface area (Å²) in [5, 5.41) is 13.8. The van der Waals surface area contributed by atoms with Crippen molar-refractivity contribution >= 4 is 30.7 Å². The number of aromatic nitrogens is 4. The van der Waals surface area contributed by atoms with Gasteiger partial charge in [0.15, 0.2) is 23.4 Å². The molecule has 4 rings (SSSR count). The second kappa shape index (κ2) is 11.7. The number of nitrogens with zero attached hydrogens (tertiary/aromatic N) is 4. The maximum absolute atomic E-state index is 15.9. The molecule has 1 aliphatic heterocycles. The Morgan fingerprint density at radius 1 is 1.31 bits per heavy atom. The van der Waals surface area contributed by atoms with Gasteiger partial charge >= 0.3 is 7.75 Å². The Morgan fingerprint density at radius 3 is 2.77 bits per heavy atom. The van der Waals surface area contributed by atoms with Crippen molar-refractivity contribution in [3.8, 4) is 5.75 Å². The molecule has 0 amide bonds. The van der Waals surface area contributed by atoms with Crippen molar-refractivity contribution in [1.29, 1.82) is 0 Å². The van der Waals surface area contributed by atoms with Crippen molar-refractivity contribution in [2.75, 3.05) is 18.1 Å². The van der Waals surface area contributed by atoms with Crippen LogP contribution in [0.3, 0.4) is 0 Å². The third-order valence-corrected chi connectivity index (χ3v) is 8.51. The molecule has 0 saturated carbocycles. The summed E-state index contributed by atoms with van der Waals surface area (Å²) >= 11 is 0. The number of aryl methyl sites for hydroxylation is 1. The fourth-order valence-corrected chi connectivity index (χ4v) is 6.08. The number of alkyl halides is 1. The molecule has 1 saturated heterocycles. The Bertz CT molecular complexity index is 1340. The van der Waals surface area contributed by atoms with Crippen molar-refractivity contribution < 1.29 is 27.8 Å². The van der Waals surface area contributed by atoms with Crippen LogP contribution in [0, 0.1) is 0 Å². The first-order chi connectivity index (χ1) is 18.5. The van der Waals surface area contributed by atoms with Crippen LogP contribution in [-0.2, 0) is 20.2 Å². The predicted octanol–water partition coefficient (Wildman–Crippen LogP) is 3.91. The number of nitrogens with one attached hydrogen (secondary N) is 1. The van der Waals surface area contributed by atoms with Gasteiger partial charge < -0.3 is 25.8 Å². The lowest BCUT2D eigenvalue weighted by molar-refractivity contribution is -0.0547. The third kappa shape index (κ3) is 6.17. The van der Waals surface area contributed by atoms with E-state index in [0.29, 0.717) is 12.2 Å². The summed E-state index contributed by atoms with van der Waals surface area (Å²) in [5.74, 6) is 0.351. The van der Waals surface area contributed by atoms with Crippen molar-refractivity contribution in [2.24, 2.45) is 0 Å². The van der Waals surface area contributed by atoms with E-state index in [1.807, 2.05) is 26.0 Å². The highest BCUT2D eigenvalue weighted by molar-refractivity contribution is 7.52. The minimum Gasteiger partial charge on any atom is -0.413 e. The van der Waals surface area contributed by atoms with Gasteiger partial charge in [-0.05, 0) is 44.7 Å². The number of hydrogen-bond acceptors (Lipinski definition) is 10. The van der Waals surface area contributed by atoms with Gasteiger partial charge in [0.2, 0.25) is 5.95 Å². The quantitative estimate of drug-likeness (QED) is 0.235. The van der Waals surface area contributed by atoms with E-state index in [4.69, 9.17) is 25.3 Å². The number of aliphatic hydroxyl groups is 1. The summed E-state index contributed by atoms with van der Waals surface area (Å²) in [6, 6.07) is 7.13. The van der Waals surface area contributed by atoms with E-state index in [0.717, 1.165) is 24.8 Å². The number of unbranched alkanes of at least 4 members (excludes halogenated alkanes) is 1. The molecule has 2 aromatic heterocycles. The van der Waals surface area contributed by atoms with Crippen molar-refractivity contribution in [3.05, 3.63) is 36.2 Å². The van der Waals surface area contributed by atoms with Crippen LogP contribution in [0.2, 0.25) is 0 Å². The third-order valence-electron chi connectivity index (χ3n) is 6.83. The molecule has 1 aliphatic rings. The van der Waals surface area contributed by atoms with E-state index in [9.17, 15) is 9.67 Å². The van der Waals surface area contributed by atoms with Gasteiger partial charge in [-0.2, -0.15) is 9.97 Å². The molecule has 1 aromatic carbocycles. The first kappa shape index (κ1) is 29.2. The molecular weight excluding hydrogens is 528 g/mol. The number of hydrogen-bond donors (Lipinski definition) is 4. The second-order valence-electron chi connectivity index (χ2n) is 9.95. The summed E-state index contributed by atoms with van der Waals surface area (Å²) in [4.78, 5) is 12.1. The predicted molar refractivity (Wildman–Crippen MR) is 146 cm³/mol. The van der Waals surface area contributed by atoms with Gasteiger partial charge in [-0.1, -0.05) is 38.5 Å². The summed E-state index contributed by atoms with van der Waals surface area (Å²) < 4.78 is 48.8. The Morgan fingerprint density at radius 2 is 2.05 bits per heavy atom. The zero-order chi connectivity index (χ0) is 28.4. The number of benzene rings is 1. The Balaban J connectivity index is 1.56. The van der Waals surface area contributed by atoms with Gasteiger partial charge in [-0.3, -0.25) is 9.09 Å². The number of nitrogens with two attached hydrogens (primary N) is 2. The molecule has 39 heavy (non-hydrogen) atoms. The number of ether oxygens (including phenoxy) is 1. The molecule has 0 radical (unpaired) electrons. The molecule has 14 heteroatoms. The van der Waals surface area contributed by atoms with E-state index in [1.54, 1.807) is 12.1 Å². The first-order valence-electron chi connectivity index (χ1n) is 13.1. The number of fused-ring (bicyclic) bond motifs is 1. The Kier molecular flexibility index (Phi) is 8.77. The molecular formula is C25H37FN7O5P. The lowest BCUT2D eigenvalue weighted by Gasteiger charge is -2.26. The van der Waals surface area contributed by atoms with E-state index in [1.165, 1.54) is 17.8 Å². The molecule has 0 aliphatic carbocycles. The Hall–Kier alpha value is -2.83.